The minimum absolute atomic E-state index is 0.0182. The van der Waals surface area contributed by atoms with E-state index in [1.165, 1.54) is 12.3 Å². The van der Waals surface area contributed by atoms with Gasteiger partial charge in [-0.3, -0.25) is 4.79 Å². The van der Waals surface area contributed by atoms with E-state index in [2.05, 4.69) is 5.32 Å². The molecule has 8 heteroatoms. The quantitative estimate of drug-likeness (QED) is 0.645. The lowest BCUT2D eigenvalue weighted by atomic mass is 10.1. The number of furan rings is 1. The Morgan fingerprint density at radius 2 is 1.96 bits per heavy atom. The number of benzene rings is 2. The summed E-state index contributed by atoms with van der Waals surface area (Å²) < 4.78 is 21.0. The maximum Gasteiger partial charge on any atom is 0.340 e. The van der Waals surface area contributed by atoms with Crippen LogP contribution in [-0.4, -0.2) is 18.7 Å². The van der Waals surface area contributed by atoms with Gasteiger partial charge in [-0.1, -0.05) is 23.7 Å². The number of halogens is 1. The average molecular weight is 400 g/mol. The SMILES string of the molecule is O=C(Nc1ccccc1C(=O)OCc1cc(Cl)c2c(c1)OCO2)c1ccco1. The van der Waals surface area contributed by atoms with Gasteiger partial charge in [0, 0.05) is 0 Å². The monoisotopic (exact) mass is 399 g/mol. The summed E-state index contributed by atoms with van der Waals surface area (Å²) >= 11 is 6.14. The van der Waals surface area contributed by atoms with Crippen LogP contribution in [0, 0.1) is 0 Å². The van der Waals surface area contributed by atoms with Crippen molar-refractivity contribution in [1.29, 1.82) is 0 Å². The lowest BCUT2D eigenvalue weighted by Crippen LogP contribution is -2.15. The zero-order chi connectivity index (χ0) is 19.5. The highest BCUT2D eigenvalue weighted by Crippen LogP contribution is 2.40. The van der Waals surface area contributed by atoms with Crippen LogP contribution >= 0.6 is 11.6 Å². The molecule has 0 aliphatic carbocycles. The predicted octanol–water partition coefficient (Wildman–Crippen LogP) is 4.27. The number of rotatable bonds is 5. The van der Waals surface area contributed by atoms with Crippen LogP contribution in [0.25, 0.3) is 0 Å². The summed E-state index contributed by atoms with van der Waals surface area (Å²) in [5.41, 5.74) is 1.19. The van der Waals surface area contributed by atoms with Crippen molar-refractivity contribution in [3.8, 4) is 11.5 Å². The van der Waals surface area contributed by atoms with E-state index in [0.717, 1.165) is 0 Å². The van der Waals surface area contributed by atoms with Gasteiger partial charge in [0.2, 0.25) is 6.79 Å². The molecular formula is C20H14ClNO6. The van der Waals surface area contributed by atoms with E-state index in [4.69, 9.17) is 30.2 Å². The largest absolute Gasteiger partial charge is 0.459 e. The van der Waals surface area contributed by atoms with Crippen molar-refractivity contribution in [1.82, 2.24) is 0 Å². The highest BCUT2D eigenvalue weighted by molar-refractivity contribution is 6.32. The molecule has 3 aromatic rings. The van der Waals surface area contributed by atoms with Gasteiger partial charge in [-0.25, -0.2) is 4.79 Å². The molecule has 2 aromatic carbocycles. The normalized spacial score (nSPS) is 11.9. The third kappa shape index (κ3) is 3.65. The molecule has 0 radical (unpaired) electrons. The van der Waals surface area contributed by atoms with Gasteiger partial charge in [0.1, 0.15) is 6.61 Å². The van der Waals surface area contributed by atoms with E-state index in [9.17, 15) is 9.59 Å². The van der Waals surface area contributed by atoms with E-state index in [-0.39, 0.29) is 24.7 Å². The zero-order valence-electron chi connectivity index (χ0n) is 14.4. The molecule has 142 valence electrons. The van der Waals surface area contributed by atoms with Crippen LogP contribution in [-0.2, 0) is 11.3 Å². The van der Waals surface area contributed by atoms with E-state index in [1.54, 1.807) is 42.5 Å². The summed E-state index contributed by atoms with van der Waals surface area (Å²) in [6, 6.07) is 13.0. The first-order chi connectivity index (χ1) is 13.6. The van der Waals surface area contributed by atoms with Crippen LogP contribution in [0.2, 0.25) is 5.02 Å². The number of esters is 1. The Hall–Kier alpha value is -3.45. The molecule has 1 aliphatic rings. The molecule has 28 heavy (non-hydrogen) atoms. The molecule has 1 aliphatic heterocycles. The summed E-state index contributed by atoms with van der Waals surface area (Å²) in [5, 5.41) is 3.03. The summed E-state index contributed by atoms with van der Waals surface area (Å²) in [4.78, 5) is 24.7. The lowest BCUT2D eigenvalue weighted by molar-refractivity contribution is 0.0473. The Kier molecular flexibility index (Phi) is 4.90. The summed E-state index contributed by atoms with van der Waals surface area (Å²) in [6.07, 6.45) is 1.39. The third-order valence-electron chi connectivity index (χ3n) is 4.00. The molecule has 0 atom stereocenters. The van der Waals surface area contributed by atoms with Crippen molar-refractivity contribution < 1.29 is 28.2 Å². The van der Waals surface area contributed by atoms with Crippen LogP contribution in [0.4, 0.5) is 5.69 Å². The summed E-state index contributed by atoms with van der Waals surface area (Å²) in [7, 11) is 0. The van der Waals surface area contributed by atoms with E-state index >= 15 is 0 Å². The summed E-state index contributed by atoms with van der Waals surface area (Å²) in [5.74, 6) is 0.0579. The van der Waals surface area contributed by atoms with Crippen molar-refractivity contribution >= 4 is 29.2 Å². The number of hydrogen-bond donors (Lipinski definition) is 1. The van der Waals surface area contributed by atoms with Crippen LogP contribution in [0.5, 0.6) is 11.5 Å². The number of nitrogens with one attached hydrogen (secondary N) is 1. The second-order valence-electron chi connectivity index (χ2n) is 5.86. The average Bonchev–Trinajstić information content (AvgIpc) is 3.38. The van der Waals surface area contributed by atoms with Crippen molar-refractivity contribution in [2.75, 3.05) is 12.1 Å². The van der Waals surface area contributed by atoms with Crippen LogP contribution in [0.3, 0.4) is 0 Å². The van der Waals surface area contributed by atoms with Gasteiger partial charge in [0.15, 0.2) is 17.3 Å². The van der Waals surface area contributed by atoms with E-state index < -0.39 is 11.9 Å². The number of hydrogen-bond acceptors (Lipinski definition) is 6. The van der Waals surface area contributed by atoms with Gasteiger partial charge >= 0.3 is 5.97 Å². The smallest absolute Gasteiger partial charge is 0.340 e. The number of anilines is 1. The van der Waals surface area contributed by atoms with Crippen LogP contribution < -0.4 is 14.8 Å². The molecule has 0 bridgehead atoms. The molecule has 0 unspecified atom stereocenters. The number of ether oxygens (including phenoxy) is 3. The molecule has 0 fully saturated rings. The first kappa shape index (κ1) is 17.9. The van der Waals surface area contributed by atoms with Crippen molar-refractivity contribution in [3.05, 3.63) is 76.7 Å². The molecule has 0 spiro atoms. The number of para-hydroxylation sites is 1. The molecular weight excluding hydrogens is 386 g/mol. The van der Waals surface area contributed by atoms with Crippen LogP contribution in [0.15, 0.2) is 59.2 Å². The molecule has 1 amide bonds. The van der Waals surface area contributed by atoms with Gasteiger partial charge in [-0.05, 0) is 42.0 Å². The van der Waals surface area contributed by atoms with Gasteiger partial charge in [-0.15, -0.1) is 0 Å². The van der Waals surface area contributed by atoms with Gasteiger partial charge in [-0.2, -0.15) is 0 Å². The number of carbonyl (C=O) groups is 2. The van der Waals surface area contributed by atoms with E-state index in [0.29, 0.717) is 27.8 Å². The van der Waals surface area contributed by atoms with Crippen LogP contribution in [0.1, 0.15) is 26.5 Å². The maximum atomic E-state index is 12.5. The van der Waals surface area contributed by atoms with Crippen molar-refractivity contribution in [3.63, 3.8) is 0 Å². The maximum absolute atomic E-state index is 12.5. The number of fused-ring (bicyclic) bond motifs is 1. The fourth-order valence-corrected chi connectivity index (χ4v) is 2.98. The Balaban J connectivity index is 1.47. The minimum Gasteiger partial charge on any atom is -0.459 e. The molecule has 2 heterocycles. The Morgan fingerprint density at radius 3 is 2.79 bits per heavy atom. The van der Waals surface area contributed by atoms with Gasteiger partial charge in [0.05, 0.1) is 22.5 Å². The highest BCUT2D eigenvalue weighted by atomic mass is 35.5. The molecule has 0 saturated carbocycles. The second-order valence-corrected chi connectivity index (χ2v) is 6.27. The van der Waals surface area contributed by atoms with E-state index in [1.807, 2.05) is 0 Å². The molecule has 1 N–H and O–H groups in total. The summed E-state index contributed by atoms with van der Waals surface area (Å²) in [6.45, 7) is 0.0801. The van der Waals surface area contributed by atoms with Gasteiger partial charge in [0.25, 0.3) is 5.91 Å². The van der Waals surface area contributed by atoms with Gasteiger partial charge < -0.3 is 23.9 Å². The fraction of sp³-hybridized carbons (Fsp3) is 0.100. The Labute approximate surface area is 164 Å². The van der Waals surface area contributed by atoms with Crippen molar-refractivity contribution in [2.45, 2.75) is 6.61 Å². The molecule has 4 rings (SSSR count). The minimum atomic E-state index is -0.593. The first-order valence-corrected chi connectivity index (χ1v) is 8.68. The standard InChI is InChI=1S/C20H14ClNO6/c21-14-8-12(9-17-18(14)28-11-27-17)10-26-20(24)13-4-1-2-5-15(13)22-19(23)16-6-3-7-25-16/h1-9H,10-11H2,(H,22,23). The number of carbonyl (C=O) groups excluding carboxylic acids is 2. The lowest BCUT2D eigenvalue weighted by Gasteiger charge is -2.11. The fourth-order valence-electron chi connectivity index (χ4n) is 2.69. The predicted molar refractivity (Wildman–Crippen MR) is 99.8 cm³/mol. The third-order valence-corrected chi connectivity index (χ3v) is 4.28. The zero-order valence-corrected chi connectivity index (χ0v) is 15.2. The topological polar surface area (TPSA) is 87.0 Å². The first-order valence-electron chi connectivity index (χ1n) is 8.31. The Bertz CT molecular complexity index is 1030. The molecule has 0 saturated heterocycles. The molecule has 7 nitrogen and oxygen atoms in total. The van der Waals surface area contributed by atoms with Crippen molar-refractivity contribution in [2.24, 2.45) is 0 Å². The number of amides is 1. The second kappa shape index (κ2) is 7.66. The molecule has 1 aromatic heterocycles. The highest BCUT2D eigenvalue weighted by Gasteiger charge is 2.20. The Morgan fingerprint density at radius 1 is 1.11 bits per heavy atom.